The number of ether oxygens (including phenoxy) is 1. The van der Waals surface area contributed by atoms with Crippen molar-refractivity contribution in [1.82, 2.24) is 24.8 Å². The average Bonchev–Trinajstić information content (AvgIpc) is 2.88. The third kappa shape index (κ3) is 1.75. The summed E-state index contributed by atoms with van der Waals surface area (Å²) in [7, 11) is 5.15. The van der Waals surface area contributed by atoms with Gasteiger partial charge in [0.25, 0.3) is 0 Å². The number of pyridine rings is 1. The Morgan fingerprint density at radius 3 is 2.70 bits per heavy atom. The zero-order chi connectivity index (χ0) is 14.3. The third-order valence-electron chi connectivity index (χ3n) is 3.26. The third-order valence-corrected chi connectivity index (χ3v) is 3.26. The molecule has 0 aliphatic carbocycles. The molecule has 1 aromatic carbocycles. The van der Waals surface area contributed by atoms with E-state index < -0.39 is 0 Å². The Balaban J connectivity index is 2.38. The van der Waals surface area contributed by atoms with E-state index in [0.29, 0.717) is 22.5 Å². The summed E-state index contributed by atoms with van der Waals surface area (Å²) in [6.07, 6.45) is 1.74. The number of nitrogens with zero attached hydrogens (tertiary/aromatic N) is 5. The van der Waals surface area contributed by atoms with Crippen molar-refractivity contribution in [2.75, 3.05) is 7.11 Å². The summed E-state index contributed by atoms with van der Waals surface area (Å²) in [4.78, 5) is 12.6. The van der Waals surface area contributed by atoms with Gasteiger partial charge < -0.3 is 9.30 Å². The van der Waals surface area contributed by atoms with Crippen LogP contribution >= 0.6 is 0 Å². The molecule has 3 rings (SSSR count). The first kappa shape index (κ1) is 12.3. The summed E-state index contributed by atoms with van der Waals surface area (Å²) in [5.41, 5.74) is 1.17. The average molecular weight is 271 g/mol. The molecule has 0 saturated heterocycles. The quantitative estimate of drug-likeness (QED) is 0.687. The van der Waals surface area contributed by atoms with Gasteiger partial charge >= 0.3 is 0 Å². The van der Waals surface area contributed by atoms with Crippen molar-refractivity contribution in [2.24, 2.45) is 14.1 Å². The van der Waals surface area contributed by atoms with Gasteiger partial charge in [0.1, 0.15) is 5.75 Å². The highest BCUT2D eigenvalue weighted by Gasteiger charge is 2.14. The highest BCUT2D eigenvalue weighted by molar-refractivity contribution is 5.84. The molecule has 0 unspecified atom stereocenters. The molecule has 0 radical (unpaired) electrons. The highest BCUT2D eigenvalue weighted by Crippen LogP contribution is 2.20. The lowest BCUT2D eigenvalue weighted by Gasteiger charge is -2.09. The first-order chi connectivity index (χ1) is 9.61. The fraction of sp³-hybridized carbons (Fsp3) is 0.231. The summed E-state index contributed by atoms with van der Waals surface area (Å²) >= 11 is 0. The van der Waals surface area contributed by atoms with E-state index in [1.165, 1.54) is 4.68 Å². The molecule has 0 spiro atoms. The number of aromatic nitrogens is 5. The van der Waals surface area contributed by atoms with Gasteiger partial charge in [0.2, 0.25) is 5.43 Å². The van der Waals surface area contributed by atoms with E-state index in [1.807, 2.05) is 23.7 Å². The Morgan fingerprint density at radius 1 is 1.25 bits per heavy atom. The van der Waals surface area contributed by atoms with Crippen LogP contribution in [-0.4, -0.2) is 31.9 Å². The molecule has 2 aromatic heterocycles. The number of fused-ring (bicyclic) bond motifs is 1. The number of hydrogen-bond acceptors (Lipinski definition) is 5. The summed E-state index contributed by atoms with van der Waals surface area (Å²) in [5, 5.41) is 11.8. The predicted molar refractivity (Wildman–Crippen MR) is 73.5 cm³/mol. The van der Waals surface area contributed by atoms with Crippen LogP contribution < -0.4 is 10.2 Å². The summed E-state index contributed by atoms with van der Waals surface area (Å²) in [5.74, 6) is 1.08. The van der Waals surface area contributed by atoms with E-state index in [1.54, 1.807) is 26.4 Å². The van der Waals surface area contributed by atoms with Crippen LogP contribution in [0.3, 0.4) is 0 Å². The van der Waals surface area contributed by atoms with E-state index in [0.717, 1.165) is 5.52 Å². The van der Waals surface area contributed by atoms with Gasteiger partial charge in [-0.1, -0.05) is 0 Å². The zero-order valence-electron chi connectivity index (χ0n) is 11.4. The topological polar surface area (TPSA) is 74.8 Å². The van der Waals surface area contributed by atoms with Crippen molar-refractivity contribution in [3.63, 3.8) is 0 Å². The molecule has 0 aliphatic heterocycles. The van der Waals surface area contributed by atoms with E-state index in [-0.39, 0.29) is 5.43 Å². The van der Waals surface area contributed by atoms with Crippen LogP contribution in [0.4, 0.5) is 0 Å². The van der Waals surface area contributed by atoms with Crippen molar-refractivity contribution in [3.05, 3.63) is 34.6 Å². The van der Waals surface area contributed by atoms with E-state index >= 15 is 0 Å². The van der Waals surface area contributed by atoms with Crippen molar-refractivity contribution in [2.45, 2.75) is 0 Å². The minimum Gasteiger partial charge on any atom is -0.497 e. The summed E-state index contributed by atoms with van der Waals surface area (Å²) in [6, 6.07) is 5.41. The van der Waals surface area contributed by atoms with Crippen molar-refractivity contribution in [1.29, 1.82) is 0 Å². The van der Waals surface area contributed by atoms with Crippen LogP contribution in [0.1, 0.15) is 0 Å². The molecule has 7 nitrogen and oxygen atoms in total. The number of methoxy groups -OCH3 is 1. The maximum absolute atomic E-state index is 12.6. The first-order valence-electron chi connectivity index (χ1n) is 6.02. The molecule has 0 aliphatic rings. The van der Waals surface area contributed by atoms with E-state index in [2.05, 4.69) is 15.5 Å². The van der Waals surface area contributed by atoms with E-state index in [9.17, 15) is 4.79 Å². The van der Waals surface area contributed by atoms with Gasteiger partial charge in [-0.3, -0.25) is 4.79 Å². The normalized spacial score (nSPS) is 10.9. The first-order valence-corrected chi connectivity index (χ1v) is 6.02. The number of rotatable bonds is 2. The van der Waals surface area contributed by atoms with Crippen molar-refractivity contribution in [3.8, 4) is 17.1 Å². The molecular weight excluding hydrogens is 258 g/mol. The molecule has 3 aromatic rings. The molecule has 102 valence electrons. The SMILES string of the molecule is COc1ccc2c(c1)c(=O)c(-c1nnnn1C)cn2C. The molecule has 0 amide bonds. The van der Waals surface area contributed by atoms with Crippen LogP contribution in [0, 0.1) is 0 Å². The van der Waals surface area contributed by atoms with Gasteiger partial charge in [0.05, 0.1) is 23.6 Å². The van der Waals surface area contributed by atoms with Crippen LogP contribution in [0.15, 0.2) is 29.2 Å². The Labute approximate surface area is 114 Å². The molecule has 0 fully saturated rings. The molecule has 0 saturated carbocycles. The Hall–Kier alpha value is -2.70. The minimum atomic E-state index is -0.116. The second kappa shape index (κ2) is 4.44. The standard InChI is InChI=1S/C13H13N5O2/c1-17-7-10(13-14-15-16-18(13)2)12(19)9-6-8(20-3)4-5-11(9)17/h4-7H,1-3H3. The van der Waals surface area contributed by atoms with Gasteiger partial charge in [-0.2, -0.15) is 0 Å². The van der Waals surface area contributed by atoms with Crippen LogP contribution in [0.5, 0.6) is 5.75 Å². The molecule has 0 bridgehead atoms. The second-order valence-corrected chi connectivity index (χ2v) is 4.49. The summed E-state index contributed by atoms with van der Waals surface area (Å²) in [6.45, 7) is 0. The largest absolute Gasteiger partial charge is 0.497 e. The highest BCUT2D eigenvalue weighted by atomic mass is 16.5. The fourth-order valence-electron chi connectivity index (χ4n) is 2.22. The van der Waals surface area contributed by atoms with Gasteiger partial charge in [-0.25, -0.2) is 4.68 Å². The number of hydrogen-bond donors (Lipinski definition) is 0. The Morgan fingerprint density at radius 2 is 2.05 bits per heavy atom. The maximum atomic E-state index is 12.6. The number of tetrazole rings is 1. The number of aryl methyl sites for hydroxylation is 2. The molecular formula is C13H13N5O2. The Kier molecular flexibility index (Phi) is 2.74. The van der Waals surface area contributed by atoms with Crippen LogP contribution in [0.25, 0.3) is 22.3 Å². The molecule has 0 N–H and O–H groups in total. The molecule has 7 heteroatoms. The Bertz CT molecular complexity index is 850. The van der Waals surface area contributed by atoms with Crippen LogP contribution in [-0.2, 0) is 14.1 Å². The minimum absolute atomic E-state index is 0.116. The van der Waals surface area contributed by atoms with Gasteiger partial charge in [-0.15, -0.1) is 5.10 Å². The fourth-order valence-corrected chi connectivity index (χ4v) is 2.22. The lowest BCUT2D eigenvalue weighted by atomic mass is 10.1. The van der Waals surface area contributed by atoms with Crippen LogP contribution in [0.2, 0.25) is 0 Å². The van der Waals surface area contributed by atoms with Crippen molar-refractivity contribution < 1.29 is 4.74 Å². The lowest BCUT2D eigenvalue weighted by Crippen LogP contribution is -2.12. The zero-order valence-corrected chi connectivity index (χ0v) is 11.4. The van der Waals surface area contributed by atoms with E-state index in [4.69, 9.17) is 4.74 Å². The molecule has 2 heterocycles. The van der Waals surface area contributed by atoms with Crippen molar-refractivity contribution >= 4 is 10.9 Å². The van der Waals surface area contributed by atoms with Gasteiger partial charge in [0.15, 0.2) is 5.82 Å². The maximum Gasteiger partial charge on any atom is 0.200 e. The lowest BCUT2D eigenvalue weighted by molar-refractivity contribution is 0.415. The van der Waals surface area contributed by atoms with Gasteiger partial charge in [-0.05, 0) is 28.6 Å². The van der Waals surface area contributed by atoms with Gasteiger partial charge in [0, 0.05) is 20.3 Å². The molecule has 0 atom stereocenters. The molecule has 20 heavy (non-hydrogen) atoms. The smallest absolute Gasteiger partial charge is 0.200 e. The summed E-state index contributed by atoms with van der Waals surface area (Å²) < 4.78 is 8.53. The predicted octanol–water partition coefficient (Wildman–Crippen LogP) is 0.738. The number of benzene rings is 1. The monoisotopic (exact) mass is 271 g/mol. The second-order valence-electron chi connectivity index (χ2n) is 4.49.